The lowest BCUT2D eigenvalue weighted by molar-refractivity contribution is -0.585. The summed E-state index contributed by atoms with van der Waals surface area (Å²) >= 11 is 0. The van der Waals surface area contributed by atoms with Crippen LogP contribution in [0.15, 0.2) is 12.3 Å². The van der Waals surface area contributed by atoms with Gasteiger partial charge in [-0.2, -0.15) is 0 Å². The molecular formula is C12H21N2+. The minimum Gasteiger partial charge on any atom is -0.319 e. The van der Waals surface area contributed by atoms with Gasteiger partial charge in [0.15, 0.2) is 6.21 Å². The highest BCUT2D eigenvalue weighted by atomic mass is 15.3. The second-order valence-corrected chi connectivity index (χ2v) is 4.60. The van der Waals surface area contributed by atoms with Gasteiger partial charge in [-0.25, -0.2) is 4.58 Å². The van der Waals surface area contributed by atoms with Crippen LogP contribution in [0.4, 0.5) is 0 Å². The Morgan fingerprint density at radius 3 is 2.93 bits per heavy atom. The molecular weight excluding hydrogens is 172 g/mol. The van der Waals surface area contributed by atoms with E-state index in [4.69, 9.17) is 0 Å². The maximum absolute atomic E-state index is 2.51. The number of rotatable bonds is 1. The van der Waals surface area contributed by atoms with Gasteiger partial charge in [0.25, 0.3) is 0 Å². The standard InChI is InChI=1S/C12H21N2/c1-11(2)14-10-6-9-13-8-5-3-4-7-12(13)14/h6,9-12H,3-5,7-8H2,1-2H3/q+1. The van der Waals surface area contributed by atoms with E-state index < -0.39 is 0 Å². The van der Waals surface area contributed by atoms with Gasteiger partial charge in [0.2, 0.25) is 6.17 Å². The molecule has 0 saturated carbocycles. The molecule has 1 unspecified atom stereocenters. The topological polar surface area (TPSA) is 6.25 Å². The Morgan fingerprint density at radius 2 is 2.14 bits per heavy atom. The maximum Gasteiger partial charge on any atom is 0.228 e. The van der Waals surface area contributed by atoms with Crippen LogP contribution in [0.1, 0.15) is 39.5 Å². The van der Waals surface area contributed by atoms with Gasteiger partial charge in [0.05, 0.1) is 0 Å². The molecule has 2 nitrogen and oxygen atoms in total. The van der Waals surface area contributed by atoms with Gasteiger partial charge < -0.3 is 4.90 Å². The molecule has 2 heteroatoms. The minimum absolute atomic E-state index is 0.616. The molecule has 0 spiro atoms. The van der Waals surface area contributed by atoms with Crippen LogP contribution >= 0.6 is 0 Å². The Bertz CT molecular complexity index is 253. The average Bonchev–Trinajstić information content (AvgIpc) is 2.41. The molecule has 1 fully saturated rings. The SMILES string of the molecule is CC(C)N1C=CC=[N+]2CCCCCC12. The third-order valence-corrected chi connectivity index (χ3v) is 3.24. The Morgan fingerprint density at radius 1 is 1.29 bits per heavy atom. The van der Waals surface area contributed by atoms with Crippen molar-refractivity contribution in [3.63, 3.8) is 0 Å². The van der Waals surface area contributed by atoms with Gasteiger partial charge in [-0.15, -0.1) is 0 Å². The first-order valence-electron chi connectivity index (χ1n) is 5.84. The fourth-order valence-corrected chi connectivity index (χ4v) is 2.47. The summed E-state index contributed by atoms with van der Waals surface area (Å²) in [6.45, 7) is 5.79. The van der Waals surface area contributed by atoms with Gasteiger partial charge in [-0.3, -0.25) is 0 Å². The third-order valence-electron chi connectivity index (χ3n) is 3.24. The van der Waals surface area contributed by atoms with Crippen LogP contribution in [0.3, 0.4) is 0 Å². The summed E-state index contributed by atoms with van der Waals surface area (Å²) in [4.78, 5) is 2.49. The van der Waals surface area contributed by atoms with E-state index in [9.17, 15) is 0 Å². The van der Waals surface area contributed by atoms with Gasteiger partial charge >= 0.3 is 0 Å². The van der Waals surface area contributed by atoms with E-state index in [-0.39, 0.29) is 0 Å². The van der Waals surface area contributed by atoms with Crippen LogP contribution in [0.5, 0.6) is 0 Å². The number of hydrogen-bond acceptors (Lipinski definition) is 1. The highest BCUT2D eigenvalue weighted by molar-refractivity contribution is 5.66. The van der Waals surface area contributed by atoms with Crippen LogP contribution in [-0.2, 0) is 0 Å². The van der Waals surface area contributed by atoms with Crippen molar-refractivity contribution in [3.8, 4) is 0 Å². The molecule has 1 saturated heterocycles. The van der Waals surface area contributed by atoms with E-state index in [0.717, 1.165) is 0 Å². The largest absolute Gasteiger partial charge is 0.319 e. The van der Waals surface area contributed by atoms with Crippen molar-refractivity contribution in [2.24, 2.45) is 0 Å². The summed E-state index contributed by atoms with van der Waals surface area (Å²) in [6, 6.07) is 0.616. The van der Waals surface area contributed by atoms with Crippen LogP contribution in [0.2, 0.25) is 0 Å². The monoisotopic (exact) mass is 193 g/mol. The van der Waals surface area contributed by atoms with Crippen molar-refractivity contribution < 1.29 is 4.58 Å². The van der Waals surface area contributed by atoms with Crippen LogP contribution in [0, 0.1) is 0 Å². The Kier molecular flexibility index (Phi) is 2.90. The zero-order valence-corrected chi connectivity index (χ0v) is 9.32. The summed E-state index contributed by atoms with van der Waals surface area (Å²) in [6.07, 6.45) is 12.8. The van der Waals surface area contributed by atoms with Crippen molar-refractivity contribution in [2.45, 2.75) is 51.7 Å². The fourth-order valence-electron chi connectivity index (χ4n) is 2.47. The normalized spacial score (nSPS) is 27.2. The predicted octanol–water partition coefficient (Wildman–Crippen LogP) is 2.21. The van der Waals surface area contributed by atoms with E-state index in [1.807, 2.05) is 0 Å². The zero-order chi connectivity index (χ0) is 9.97. The zero-order valence-electron chi connectivity index (χ0n) is 9.32. The van der Waals surface area contributed by atoms with Crippen molar-refractivity contribution in [3.05, 3.63) is 12.3 Å². The molecule has 1 atom stereocenters. The third kappa shape index (κ3) is 1.84. The molecule has 0 aromatic rings. The van der Waals surface area contributed by atoms with E-state index in [0.29, 0.717) is 12.2 Å². The molecule has 2 aliphatic rings. The van der Waals surface area contributed by atoms with Gasteiger partial charge in [0.1, 0.15) is 6.54 Å². The van der Waals surface area contributed by atoms with Crippen LogP contribution < -0.4 is 0 Å². The molecule has 2 rings (SSSR count). The summed E-state index contributed by atoms with van der Waals surface area (Å²) in [7, 11) is 0. The van der Waals surface area contributed by atoms with E-state index >= 15 is 0 Å². The molecule has 0 aliphatic carbocycles. The molecule has 2 aliphatic heterocycles. The molecule has 0 N–H and O–H groups in total. The summed E-state index contributed by atoms with van der Waals surface area (Å²) in [5.41, 5.74) is 0. The number of hydrogen-bond donors (Lipinski definition) is 0. The van der Waals surface area contributed by atoms with E-state index in [1.165, 1.54) is 32.2 Å². The Hall–Kier alpha value is -0.790. The molecule has 0 aromatic carbocycles. The number of fused-ring (bicyclic) bond motifs is 1. The molecule has 0 aromatic heterocycles. The summed E-state index contributed by atoms with van der Waals surface area (Å²) in [5, 5.41) is 0. The molecule has 14 heavy (non-hydrogen) atoms. The van der Waals surface area contributed by atoms with E-state index in [1.54, 1.807) is 0 Å². The number of allylic oxidation sites excluding steroid dienone is 1. The lowest BCUT2D eigenvalue weighted by Gasteiger charge is -2.32. The minimum atomic E-state index is 0.616. The molecule has 78 valence electrons. The highest BCUT2D eigenvalue weighted by Gasteiger charge is 2.30. The Labute approximate surface area is 86.9 Å². The van der Waals surface area contributed by atoms with Crippen LogP contribution in [-0.4, -0.2) is 34.4 Å². The first kappa shape index (κ1) is 9.75. The molecule has 0 amide bonds. The van der Waals surface area contributed by atoms with E-state index in [2.05, 4.69) is 41.8 Å². The molecule has 2 heterocycles. The van der Waals surface area contributed by atoms with Crippen molar-refractivity contribution in [1.29, 1.82) is 0 Å². The van der Waals surface area contributed by atoms with Gasteiger partial charge in [0, 0.05) is 31.2 Å². The second kappa shape index (κ2) is 4.16. The summed E-state index contributed by atoms with van der Waals surface area (Å²) in [5.74, 6) is 0. The lowest BCUT2D eigenvalue weighted by Crippen LogP contribution is -2.45. The predicted molar refractivity (Wildman–Crippen MR) is 59.6 cm³/mol. The van der Waals surface area contributed by atoms with Crippen molar-refractivity contribution in [2.75, 3.05) is 6.54 Å². The van der Waals surface area contributed by atoms with Gasteiger partial charge in [-0.1, -0.05) is 0 Å². The summed E-state index contributed by atoms with van der Waals surface area (Å²) < 4.78 is 2.51. The lowest BCUT2D eigenvalue weighted by atomic mass is 10.1. The van der Waals surface area contributed by atoms with Crippen molar-refractivity contribution >= 4 is 6.21 Å². The van der Waals surface area contributed by atoms with Crippen LogP contribution in [0.25, 0.3) is 0 Å². The second-order valence-electron chi connectivity index (χ2n) is 4.60. The fraction of sp³-hybridized carbons (Fsp3) is 0.750. The first-order valence-corrected chi connectivity index (χ1v) is 5.84. The number of nitrogens with zero attached hydrogens (tertiary/aromatic N) is 2. The first-order chi connectivity index (χ1) is 6.79. The van der Waals surface area contributed by atoms with Crippen molar-refractivity contribution in [1.82, 2.24) is 4.90 Å². The molecule has 0 radical (unpaired) electrons. The highest BCUT2D eigenvalue weighted by Crippen LogP contribution is 2.20. The Balaban J connectivity index is 2.17. The maximum atomic E-state index is 2.51. The average molecular weight is 193 g/mol. The quantitative estimate of drug-likeness (QED) is 0.579. The smallest absolute Gasteiger partial charge is 0.228 e. The molecule has 0 bridgehead atoms. The van der Waals surface area contributed by atoms with Gasteiger partial charge in [-0.05, 0) is 26.7 Å².